The van der Waals surface area contributed by atoms with Crippen LogP contribution >= 0.6 is 12.4 Å². The van der Waals surface area contributed by atoms with E-state index in [1.807, 2.05) is 7.05 Å². The predicted octanol–water partition coefficient (Wildman–Crippen LogP) is 3.78. The summed E-state index contributed by atoms with van der Waals surface area (Å²) in [4.78, 5) is 14.3. The first-order valence-electron chi connectivity index (χ1n) is 9.78. The van der Waals surface area contributed by atoms with Crippen LogP contribution in [0.4, 0.5) is 0 Å². The maximum Gasteiger partial charge on any atom is 0.306 e. The monoisotopic (exact) mass is 328 g/mol. The Morgan fingerprint density at radius 1 is 1.55 bits per heavy atom. The average molecular weight is 329 g/mol. The maximum atomic E-state index is 12.2. The van der Waals surface area contributed by atoms with Crippen LogP contribution in [-0.2, 0) is 15.1 Å². The molecule has 0 aliphatic carbocycles. The standard InChI is InChI=1S/C18H25NO2.ClH/c1-4-9-16-14-19(3)13-12-18(16,21-17(20)5-2)15-10-7-6-8-11-15;/h4,6-8,10-11,16H,1,5,9,12-14H2,2-3H3;1H/i6D,7D,8D,10D,11D;. The summed E-state index contributed by atoms with van der Waals surface area (Å²) in [6.07, 6.45) is 2.73. The number of hydrogen-bond donors (Lipinski definition) is 0. The molecular formula is C18H26ClNO2. The topological polar surface area (TPSA) is 29.5 Å². The van der Waals surface area contributed by atoms with Gasteiger partial charge in [0.2, 0.25) is 0 Å². The van der Waals surface area contributed by atoms with Crippen LogP contribution in [0.2, 0.25) is 0 Å². The molecule has 1 aliphatic rings. The van der Waals surface area contributed by atoms with Gasteiger partial charge in [-0.05, 0) is 19.0 Å². The first kappa shape index (κ1) is 12.1. The summed E-state index contributed by atoms with van der Waals surface area (Å²) in [5.74, 6) is -0.701. The molecule has 0 amide bonds. The lowest BCUT2D eigenvalue weighted by Gasteiger charge is -2.46. The van der Waals surface area contributed by atoms with Crippen molar-refractivity contribution in [1.29, 1.82) is 0 Å². The molecule has 22 heavy (non-hydrogen) atoms. The van der Waals surface area contributed by atoms with E-state index in [2.05, 4.69) is 11.5 Å². The van der Waals surface area contributed by atoms with Crippen molar-refractivity contribution in [3.63, 3.8) is 0 Å². The smallest absolute Gasteiger partial charge is 0.306 e. The molecule has 1 heterocycles. The highest BCUT2D eigenvalue weighted by Crippen LogP contribution is 2.42. The number of carbonyl (C=O) groups excluding carboxylic acids is 1. The van der Waals surface area contributed by atoms with E-state index >= 15 is 0 Å². The molecule has 0 N–H and O–H groups in total. The molecule has 1 aromatic carbocycles. The quantitative estimate of drug-likeness (QED) is 0.608. The summed E-state index contributed by atoms with van der Waals surface area (Å²) in [5, 5.41) is 0. The van der Waals surface area contributed by atoms with Crippen molar-refractivity contribution in [2.24, 2.45) is 5.92 Å². The van der Waals surface area contributed by atoms with Crippen molar-refractivity contribution < 1.29 is 16.4 Å². The Morgan fingerprint density at radius 3 is 2.82 bits per heavy atom. The van der Waals surface area contributed by atoms with Crippen LogP contribution in [0.25, 0.3) is 0 Å². The number of piperidine rings is 1. The lowest BCUT2D eigenvalue weighted by molar-refractivity contribution is -0.175. The fourth-order valence-electron chi connectivity index (χ4n) is 2.89. The van der Waals surface area contributed by atoms with Crippen molar-refractivity contribution >= 4 is 18.4 Å². The van der Waals surface area contributed by atoms with Gasteiger partial charge in [-0.25, -0.2) is 0 Å². The lowest BCUT2D eigenvalue weighted by atomic mass is 9.74. The van der Waals surface area contributed by atoms with E-state index in [4.69, 9.17) is 11.6 Å². The van der Waals surface area contributed by atoms with Crippen molar-refractivity contribution in [2.75, 3.05) is 20.1 Å². The Hall–Kier alpha value is -1.32. The molecule has 0 spiro atoms. The van der Waals surface area contributed by atoms with Gasteiger partial charge in [0.15, 0.2) is 0 Å². The number of halogens is 1. The Bertz CT molecular complexity index is 701. The summed E-state index contributed by atoms with van der Waals surface area (Å²) in [6.45, 7) is 6.62. The van der Waals surface area contributed by atoms with Crippen molar-refractivity contribution in [2.45, 2.75) is 31.8 Å². The Morgan fingerprint density at radius 2 is 2.23 bits per heavy atom. The predicted molar refractivity (Wildman–Crippen MR) is 92.2 cm³/mol. The highest BCUT2D eigenvalue weighted by molar-refractivity contribution is 5.85. The molecule has 2 atom stereocenters. The minimum Gasteiger partial charge on any atom is -0.454 e. The average Bonchev–Trinajstić information content (AvgIpc) is 2.61. The number of likely N-dealkylation sites (tertiary alicyclic amines) is 1. The minimum absolute atomic E-state index is 0. The number of nitrogens with zero attached hydrogens (tertiary/aromatic N) is 1. The van der Waals surface area contributed by atoms with Gasteiger partial charge in [-0.2, -0.15) is 0 Å². The zero-order valence-electron chi connectivity index (χ0n) is 18.1. The first-order valence-corrected chi connectivity index (χ1v) is 7.28. The van der Waals surface area contributed by atoms with Gasteiger partial charge >= 0.3 is 5.97 Å². The highest BCUT2D eigenvalue weighted by atomic mass is 35.5. The van der Waals surface area contributed by atoms with E-state index in [0.29, 0.717) is 25.9 Å². The fourth-order valence-corrected chi connectivity index (χ4v) is 2.89. The summed E-state index contributed by atoms with van der Waals surface area (Å²) in [7, 11) is 1.95. The van der Waals surface area contributed by atoms with E-state index in [1.54, 1.807) is 13.0 Å². The second kappa shape index (κ2) is 8.35. The van der Waals surface area contributed by atoms with E-state index in [0.717, 1.165) is 0 Å². The van der Waals surface area contributed by atoms with Gasteiger partial charge in [-0.3, -0.25) is 4.79 Å². The summed E-state index contributed by atoms with van der Waals surface area (Å²) < 4.78 is 46.4. The van der Waals surface area contributed by atoms with E-state index in [1.165, 1.54) is 0 Å². The van der Waals surface area contributed by atoms with Crippen molar-refractivity contribution in [1.82, 2.24) is 4.90 Å². The number of allylic oxidation sites excluding steroid dienone is 1. The SMILES string of the molecule is Cl.[2H]c1c([2H])c([2H])c(C2(OC(=O)CC)CCN(C)CC2CC=C)c([2H])c1[2H]. The van der Waals surface area contributed by atoms with Gasteiger partial charge in [0.25, 0.3) is 0 Å². The summed E-state index contributed by atoms with van der Waals surface area (Å²) >= 11 is 0. The number of hydrogen-bond acceptors (Lipinski definition) is 3. The van der Waals surface area contributed by atoms with E-state index in [9.17, 15) is 4.79 Å². The molecule has 0 saturated carbocycles. The molecule has 1 aliphatic heterocycles. The van der Waals surface area contributed by atoms with Crippen molar-refractivity contribution in [3.05, 3.63) is 48.4 Å². The maximum absolute atomic E-state index is 12.2. The molecule has 2 rings (SSSR count). The van der Waals surface area contributed by atoms with Crippen LogP contribution in [0.1, 0.15) is 38.6 Å². The third-order valence-electron chi connectivity index (χ3n) is 4.02. The van der Waals surface area contributed by atoms with Crippen LogP contribution in [0.15, 0.2) is 42.9 Å². The number of esters is 1. The van der Waals surface area contributed by atoms with Gasteiger partial charge in [0.1, 0.15) is 5.60 Å². The Labute approximate surface area is 146 Å². The molecule has 1 aromatic rings. The third-order valence-corrected chi connectivity index (χ3v) is 4.02. The first-order chi connectivity index (χ1) is 12.2. The number of ether oxygens (including phenoxy) is 1. The summed E-state index contributed by atoms with van der Waals surface area (Å²) in [5.41, 5.74) is -1.19. The Kier molecular flexibility index (Phi) is 4.61. The molecule has 4 heteroatoms. The number of benzene rings is 1. The van der Waals surface area contributed by atoms with Crippen LogP contribution in [0, 0.1) is 5.92 Å². The van der Waals surface area contributed by atoms with Crippen LogP contribution < -0.4 is 0 Å². The lowest BCUT2D eigenvalue weighted by Crippen LogP contribution is -2.51. The second-order valence-electron chi connectivity index (χ2n) is 5.45. The molecule has 3 nitrogen and oxygen atoms in total. The fraction of sp³-hybridized carbons (Fsp3) is 0.500. The van der Waals surface area contributed by atoms with Gasteiger partial charge in [0, 0.05) is 31.8 Å². The third kappa shape index (κ3) is 3.90. The van der Waals surface area contributed by atoms with Gasteiger partial charge in [-0.1, -0.05) is 43.2 Å². The van der Waals surface area contributed by atoms with Crippen molar-refractivity contribution in [3.8, 4) is 0 Å². The molecule has 0 bridgehead atoms. The minimum atomic E-state index is -1.26. The molecule has 1 saturated heterocycles. The molecule has 0 radical (unpaired) electrons. The summed E-state index contributed by atoms with van der Waals surface area (Å²) in [6, 6.07) is -1.89. The van der Waals surface area contributed by atoms with Crippen LogP contribution in [-0.4, -0.2) is 31.0 Å². The van der Waals surface area contributed by atoms with Crippen LogP contribution in [0.3, 0.4) is 0 Å². The van der Waals surface area contributed by atoms with Gasteiger partial charge < -0.3 is 9.64 Å². The van der Waals surface area contributed by atoms with Gasteiger partial charge in [0.05, 0.1) is 6.85 Å². The zero-order valence-corrected chi connectivity index (χ0v) is 13.9. The molecule has 122 valence electrons. The molecule has 2 unspecified atom stereocenters. The largest absolute Gasteiger partial charge is 0.454 e. The molecular weight excluding hydrogens is 298 g/mol. The number of rotatable bonds is 5. The van der Waals surface area contributed by atoms with Crippen LogP contribution in [0.5, 0.6) is 0 Å². The second-order valence-corrected chi connectivity index (χ2v) is 5.45. The zero-order chi connectivity index (χ0) is 19.6. The molecule has 1 fully saturated rings. The van der Waals surface area contributed by atoms with E-state index < -0.39 is 29.7 Å². The molecule has 0 aromatic heterocycles. The highest BCUT2D eigenvalue weighted by Gasteiger charge is 2.46. The Balaban J connectivity index is 0.00000364. The van der Waals surface area contributed by atoms with Gasteiger partial charge in [-0.15, -0.1) is 19.0 Å². The number of carbonyl (C=O) groups is 1. The van der Waals surface area contributed by atoms with E-state index in [-0.39, 0.29) is 42.4 Å². The normalized spacial score (nSPS) is 28.3.